The molecule has 1 heterocycles. The van der Waals surface area contributed by atoms with Crippen molar-refractivity contribution in [3.63, 3.8) is 0 Å². The lowest BCUT2D eigenvalue weighted by atomic mass is 10.2. The highest BCUT2D eigenvalue weighted by atomic mass is 19.3. The van der Waals surface area contributed by atoms with E-state index in [2.05, 4.69) is 4.98 Å². The van der Waals surface area contributed by atoms with Crippen LogP contribution in [0.1, 0.15) is 17.7 Å². The Kier molecular flexibility index (Phi) is 2.54. The van der Waals surface area contributed by atoms with Crippen LogP contribution in [-0.4, -0.2) is 10.1 Å². The third-order valence-corrected chi connectivity index (χ3v) is 1.43. The van der Waals surface area contributed by atoms with Gasteiger partial charge in [-0.1, -0.05) is 0 Å². The van der Waals surface area contributed by atoms with Crippen LogP contribution in [-0.2, 0) is 6.61 Å². The van der Waals surface area contributed by atoms with Crippen molar-refractivity contribution in [2.75, 3.05) is 0 Å². The molecule has 0 saturated heterocycles. The fourth-order valence-corrected chi connectivity index (χ4v) is 0.864. The van der Waals surface area contributed by atoms with E-state index >= 15 is 0 Å². The highest BCUT2D eigenvalue weighted by molar-refractivity contribution is 5.20. The van der Waals surface area contributed by atoms with Gasteiger partial charge < -0.3 is 10.1 Å². The number of nitrogens with one attached hydrogen (secondary N) is 1. The summed E-state index contributed by atoms with van der Waals surface area (Å²) in [5.41, 5.74) is -0.960. The van der Waals surface area contributed by atoms with Gasteiger partial charge in [0.05, 0.1) is 12.3 Å². The first-order valence-electron chi connectivity index (χ1n) is 3.26. The summed E-state index contributed by atoms with van der Waals surface area (Å²) in [5, 5.41) is 8.59. The van der Waals surface area contributed by atoms with E-state index in [0.717, 1.165) is 12.1 Å². The van der Waals surface area contributed by atoms with Gasteiger partial charge in [0.2, 0.25) is 5.56 Å². The summed E-state index contributed by atoms with van der Waals surface area (Å²) >= 11 is 0. The van der Waals surface area contributed by atoms with Crippen molar-refractivity contribution in [2.24, 2.45) is 0 Å². The summed E-state index contributed by atoms with van der Waals surface area (Å²) in [7, 11) is 0. The number of H-pyrrole nitrogens is 1. The van der Waals surface area contributed by atoms with Gasteiger partial charge in [-0.05, 0) is 6.07 Å². The maximum absolute atomic E-state index is 12.1. The highest BCUT2D eigenvalue weighted by Gasteiger charge is 2.12. The Morgan fingerprint density at radius 1 is 1.50 bits per heavy atom. The number of hydrogen-bond acceptors (Lipinski definition) is 2. The molecule has 0 aromatic carbocycles. The first-order chi connectivity index (χ1) is 5.65. The molecule has 0 amide bonds. The smallest absolute Gasteiger partial charge is 0.265 e. The molecule has 0 atom stereocenters. The second-order valence-corrected chi connectivity index (χ2v) is 2.22. The van der Waals surface area contributed by atoms with Crippen molar-refractivity contribution in [1.82, 2.24) is 4.98 Å². The molecule has 66 valence electrons. The first-order valence-corrected chi connectivity index (χ1v) is 3.26. The van der Waals surface area contributed by atoms with E-state index in [4.69, 9.17) is 5.11 Å². The number of hydrogen-bond donors (Lipinski definition) is 2. The van der Waals surface area contributed by atoms with E-state index in [1.807, 2.05) is 0 Å². The number of aliphatic hydroxyl groups excluding tert-OH is 1. The lowest BCUT2D eigenvalue weighted by molar-refractivity contribution is 0.146. The van der Waals surface area contributed by atoms with E-state index in [9.17, 15) is 13.6 Å². The van der Waals surface area contributed by atoms with Crippen molar-refractivity contribution in [1.29, 1.82) is 0 Å². The molecule has 0 aliphatic carbocycles. The molecule has 0 saturated carbocycles. The zero-order chi connectivity index (χ0) is 9.14. The van der Waals surface area contributed by atoms with Crippen molar-refractivity contribution in [2.45, 2.75) is 13.0 Å². The fourth-order valence-electron chi connectivity index (χ4n) is 0.864. The summed E-state index contributed by atoms with van der Waals surface area (Å²) in [4.78, 5) is 12.7. The second-order valence-electron chi connectivity index (χ2n) is 2.22. The molecule has 12 heavy (non-hydrogen) atoms. The van der Waals surface area contributed by atoms with Gasteiger partial charge in [-0.15, -0.1) is 0 Å². The molecule has 0 aliphatic heterocycles. The highest BCUT2D eigenvalue weighted by Crippen LogP contribution is 2.19. The van der Waals surface area contributed by atoms with Crippen LogP contribution in [0.3, 0.4) is 0 Å². The standard InChI is InChI=1S/C7H7F2NO2/c8-7(9)4-1-2-6(12)10-5(4)3-11/h1-2,7,11H,3H2,(H,10,12). The van der Waals surface area contributed by atoms with Crippen LogP contribution < -0.4 is 5.56 Å². The van der Waals surface area contributed by atoms with Crippen LogP contribution in [0.5, 0.6) is 0 Å². The maximum atomic E-state index is 12.1. The van der Waals surface area contributed by atoms with E-state index in [1.54, 1.807) is 0 Å². The molecule has 0 aliphatic rings. The molecule has 1 rings (SSSR count). The van der Waals surface area contributed by atoms with Gasteiger partial charge in [0.15, 0.2) is 0 Å². The summed E-state index contributed by atoms with van der Waals surface area (Å²) in [6.07, 6.45) is -2.68. The van der Waals surface area contributed by atoms with E-state index in [0.29, 0.717) is 0 Å². The monoisotopic (exact) mass is 175 g/mol. The quantitative estimate of drug-likeness (QED) is 0.698. The Morgan fingerprint density at radius 2 is 2.17 bits per heavy atom. The molecule has 0 spiro atoms. The number of aromatic nitrogens is 1. The van der Waals surface area contributed by atoms with Crippen LogP contribution >= 0.6 is 0 Å². The third-order valence-electron chi connectivity index (χ3n) is 1.43. The van der Waals surface area contributed by atoms with Gasteiger partial charge >= 0.3 is 0 Å². The molecule has 0 fully saturated rings. The molecule has 2 N–H and O–H groups in total. The second kappa shape index (κ2) is 3.44. The zero-order valence-corrected chi connectivity index (χ0v) is 6.05. The van der Waals surface area contributed by atoms with Crippen molar-refractivity contribution in [3.8, 4) is 0 Å². The number of halogens is 2. The Bertz CT molecular complexity index is 321. The van der Waals surface area contributed by atoms with Gasteiger partial charge in [0, 0.05) is 11.6 Å². The van der Waals surface area contributed by atoms with E-state index in [-0.39, 0.29) is 11.3 Å². The SMILES string of the molecule is O=c1ccc(C(F)F)c(CO)[nH]1. The molecule has 0 bridgehead atoms. The van der Waals surface area contributed by atoms with Crippen molar-refractivity contribution < 1.29 is 13.9 Å². The van der Waals surface area contributed by atoms with Gasteiger partial charge in [-0.2, -0.15) is 0 Å². The van der Waals surface area contributed by atoms with Crippen LogP contribution in [0.15, 0.2) is 16.9 Å². The molecule has 5 heteroatoms. The fraction of sp³-hybridized carbons (Fsp3) is 0.286. The summed E-state index contributed by atoms with van der Waals surface area (Å²) in [6, 6.07) is 2.01. The Hall–Kier alpha value is -1.23. The summed E-state index contributed by atoms with van der Waals surface area (Å²) in [6.45, 7) is -0.588. The number of aliphatic hydroxyl groups is 1. The topological polar surface area (TPSA) is 53.1 Å². The predicted octanol–water partition coefficient (Wildman–Crippen LogP) is 0.805. The minimum Gasteiger partial charge on any atom is -0.390 e. The molecule has 3 nitrogen and oxygen atoms in total. The van der Waals surface area contributed by atoms with Crippen LogP contribution in [0, 0.1) is 0 Å². The molecule has 1 aromatic rings. The number of aromatic amines is 1. The average Bonchev–Trinajstić information content (AvgIpc) is 2.03. The molecular weight excluding hydrogens is 168 g/mol. The first kappa shape index (κ1) is 8.86. The average molecular weight is 175 g/mol. The minimum absolute atomic E-state index is 0.127. The van der Waals surface area contributed by atoms with E-state index in [1.165, 1.54) is 0 Å². The van der Waals surface area contributed by atoms with Gasteiger partial charge in [-0.25, -0.2) is 8.78 Å². The van der Waals surface area contributed by atoms with Crippen LogP contribution in [0.2, 0.25) is 0 Å². The maximum Gasteiger partial charge on any atom is 0.265 e. The normalized spacial score (nSPS) is 10.7. The number of alkyl halides is 2. The number of rotatable bonds is 2. The van der Waals surface area contributed by atoms with Crippen LogP contribution in [0.4, 0.5) is 8.78 Å². The van der Waals surface area contributed by atoms with Gasteiger partial charge in [0.1, 0.15) is 0 Å². The third kappa shape index (κ3) is 1.68. The molecular formula is C7H7F2NO2. The van der Waals surface area contributed by atoms with Gasteiger partial charge in [-0.3, -0.25) is 4.79 Å². The lowest BCUT2D eigenvalue weighted by Gasteiger charge is -2.03. The lowest BCUT2D eigenvalue weighted by Crippen LogP contribution is -2.10. The van der Waals surface area contributed by atoms with Crippen molar-refractivity contribution >= 4 is 0 Å². The molecule has 0 radical (unpaired) electrons. The summed E-state index contributed by atoms with van der Waals surface area (Å²) < 4.78 is 24.2. The van der Waals surface area contributed by atoms with Gasteiger partial charge in [0.25, 0.3) is 6.43 Å². The Balaban J connectivity index is 3.20. The van der Waals surface area contributed by atoms with Crippen LogP contribution in [0.25, 0.3) is 0 Å². The Morgan fingerprint density at radius 3 is 2.67 bits per heavy atom. The van der Waals surface area contributed by atoms with Crippen molar-refractivity contribution in [3.05, 3.63) is 33.7 Å². The predicted molar refractivity (Wildman–Crippen MR) is 37.9 cm³/mol. The van der Waals surface area contributed by atoms with E-state index < -0.39 is 18.6 Å². The minimum atomic E-state index is -2.68. The molecule has 1 aromatic heterocycles. The zero-order valence-electron chi connectivity index (χ0n) is 6.05. The summed E-state index contributed by atoms with van der Waals surface area (Å²) in [5.74, 6) is 0. The number of pyridine rings is 1. The molecule has 0 unspecified atom stereocenters. The largest absolute Gasteiger partial charge is 0.390 e. The Labute approximate surface area is 66.7 Å².